The maximum atomic E-state index is 13.3. The number of carbonyl (C=O) groups is 2. The lowest BCUT2D eigenvalue weighted by Gasteiger charge is -2.17. The van der Waals surface area contributed by atoms with Crippen LogP contribution in [0, 0.1) is 17.6 Å². The second-order valence-electron chi connectivity index (χ2n) is 7.65. The number of fused-ring (bicyclic) bond motifs is 3. The fraction of sp³-hybridized carbons (Fsp3) is 0.174. The number of nitrogens with zero attached hydrogens (tertiary/aromatic N) is 1. The highest BCUT2D eigenvalue weighted by Gasteiger charge is 2.46. The molecule has 0 spiro atoms. The monoisotopic (exact) mass is 469 g/mol. The molecule has 0 bridgehead atoms. The van der Waals surface area contributed by atoms with E-state index in [2.05, 4.69) is 10.3 Å². The summed E-state index contributed by atoms with van der Waals surface area (Å²) < 4.78 is 37.1. The minimum absolute atomic E-state index is 0.138. The number of nitrogens with two attached hydrogens (primary N) is 2. The van der Waals surface area contributed by atoms with Crippen molar-refractivity contribution in [2.24, 2.45) is 17.5 Å². The topological polar surface area (TPSA) is 142 Å². The maximum absolute atomic E-state index is 13.3. The van der Waals surface area contributed by atoms with Gasteiger partial charge in [-0.3, -0.25) is 15.5 Å². The third kappa shape index (κ3) is 5.21. The number of ether oxygens (including phenoxy) is 2. The molecule has 1 fully saturated rings. The maximum Gasteiger partial charge on any atom is 0.317 e. The quantitative estimate of drug-likeness (QED) is 0.262. The molecule has 34 heavy (non-hydrogen) atoms. The number of pyridine rings is 1. The molecule has 2 atom stereocenters. The van der Waals surface area contributed by atoms with E-state index in [9.17, 15) is 18.4 Å². The summed E-state index contributed by atoms with van der Waals surface area (Å²) in [6.07, 6.45) is 2.37. The normalized spacial score (nSPS) is 17.0. The van der Waals surface area contributed by atoms with Crippen molar-refractivity contribution in [2.75, 3.05) is 11.9 Å². The number of benzene rings is 2. The second-order valence-corrected chi connectivity index (χ2v) is 7.65. The molecule has 3 aromatic rings. The molecule has 1 saturated carbocycles. The number of hydrogen-bond donors (Lipinski definition) is 4. The number of carbonyl (C=O) groups excluding carboxylic acids is 2. The highest BCUT2D eigenvalue weighted by molar-refractivity contribution is 5.93. The van der Waals surface area contributed by atoms with E-state index in [0.717, 1.165) is 12.5 Å². The van der Waals surface area contributed by atoms with Crippen LogP contribution in [0.15, 0.2) is 54.7 Å². The lowest BCUT2D eigenvalue weighted by Crippen LogP contribution is -2.29. The van der Waals surface area contributed by atoms with Crippen molar-refractivity contribution >= 4 is 17.8 Å². The number of urea groups is 1. The summed E-state index contributed by atoms with van der Waals surface area (Å²) in [6, 6.07) is 11.2. The van der Waals surface area contributed by atoms with Crippen molar-refractivity contribution in [3.63, 3.8) is 0 Å². The van der Waals surface area contributed by atoms with Crippen LogP contribution in [0.4, 0.5) is 19.4 Å². The predicted molar refractivity (Wildman–Crippen MR) is 118 cm³/mol. The fourth-order valence-electron chi connectivity index (χ4n) is 3.55. The Balaban J connectivity index is 0.000000178. The Morgan fingerprint density at radius 2 is 1.74 bits per heavy atom. The molecule has 6 N–H and O–H groups in total. The van der Waals surface area contributed by atoms with Crippen molar-refractivity contribution in [3.8, 4) is 17.2 Å². The summed E-state index contributed by atoms with van der Waals surface area (Å²) in [7, 11) is 0. The third-order valence-corrected chi connectivity index (χ3v) is 5.30. The molecular weight excluding hydrogens is 448 g/mol. The molecule has 2 aliphatic rings. The predicted octanol–water partition coefficient (Wildman–Crippen LogP) is 3.43. The molecule has 9 nitrogen and oxygen atoms in total. The number of hydrazine groups is 1. The van der Waals surface area contributed by atoms with Gasteiger partial charge in [0.1, 0.15) is 23.1 Å². The van der Waals surface area contributed by atoms with Crippen LogP contribution in [-0.4, -0.2) is 23.5 Å². The molecule has 3 amide bonds. The van der Waals surface area contributed by atoms with Gasteiger partial charge in [0.15, 0.2) is 11.6 Å². The molecule has 11 heteroatoms. The van der Waals surface area contributed by atoms with Gasteiger partial charge in [0.25, 0.3) is 5.91 Å². The highest BCUT2D eigenvalue weighted by atomic mass is 19.1. The van der Waals surface area contributed by atoms with Gasteiger partial charge in [-0.15, -0.1) is 0 Å². The van der Waals surface area contributed by atoms with Crippen LogP contribution in [0.25, 0.3) is 0 Å². The number of primary amides is 1. The van der Waals surface area contributed by atoms with Gasteiger partial charge in [-0.1, -0.05) is 0 Å². The van der Waals surface area contributed by atoms with Gasteiger partial charge < -0.3 is 15.2 Å². The number of aromatic nitrogens is 1. The molecule has 0 radical (unpaired) electrons. The standard InChI is InChI=1S/C13H13N5O3.C10H8F2O/c14-13(20)17-11-6-5-10(7-16-11)21-9-3-1-8(2-4-9)12(19)18-15;11-7-1-2-8(12)10-9(7)6-3-5(6)4-13-10/h1-7H,15H2,(H,18,19)(H3,14,16,17,20);1-2,5-6H,3-4H2/t;5-,6-/m.1/s1. The van der Waals surface area contributed by atoms with E-state index in [4.69, 9.17) is 21.1 Å². The molecule has 0 saturated heterocycles. The Morgan fingerprint density at radius 3 is 2.38 bits per heavy atom. The lowest BCUT2D eigenvalue weighted by molar-refractivity contribution is 0.0953. The van der Waals surface area contributed by atoms with Gasteiger partial charge in [-0.05, 0) is 60.9 Å². The number of halogens is 2. The summed E-state index contributed by atoms with van der Waals surface area (Å²) in [6.45, 7) is 0.540. The minimum atomic E-state index is -0.690. The smallest absolute Gasteiger partial charge is 0.317 e. The van der Waals surface area contributed by atoms with Crippen molar-refractivity contribution in [3.05, 3.63) is 77.5 Å². The number of nitrogens with one attached hydrogen (secondary N) is 2. The van der Waals surface area contributed by atoms with Crippen LogP contribution in [0.3, 0.4) is 0 Å². The summed E-state index contributed by atoms with van der Waals surface area (Å²) in [5.41, 5.74) is 7.89. The number of anilines is 1. The van der Waals surface area contributed by atoms with E-state index < -0.39 is 11.8 Å². The Morgan fingerprint density at radius 1 is 1.03 bits per heavy atom. The fourth-order valence-corrected chi connectivity index (χ4v) is 3.55. The molecule has 176 valence electrons. The Kier molecular flexibility index (Phi) is 6.55. The first-order valence-electron chi connectivity index (χ1n) is 10.3. The van der Waals surface area contributed by atoms with Gasteiger partial charge in [0.2, 0.25) is 0 Å². The van der Waals surface area contributed by atoms with Gasteiger partial charge in [-0.2, -0.15) is 0 Å². The molecule has 0 unspecified atom stereocenters. The number of hydrogen-bond acceptors (Lipinski definition) is 6. The van der Waals surface area contributed by atoms with Crippen molar-refractivity contribution < 1.29 is 27.8 Å². The molecule has 2 aromatic carbocycles. The average molecular weight is 469 g/mol. The van der Waals surface area contributed by atoms with E-state index in [1.807, 2.05) is 5.43 Å². The second kappa shape index (κ2) is 9.71. The molecular formula is C23H21F2N5O4. The minimum Gasteiger partial charge on any atom is -0.490 e. The Bertz CT molecular complexity index is 1210. The van der Waals surface area contributed by atoms with Crippen LogP contribution >= 0.6 is 0 Å². The van der Waals surface area contributed by atoms with Gasteiger partial charge >= 0.3 is 6.03 Å². The van der Waals surface area contributed by atoms with E-state index in [-0.39, 0.29) is 23.4 Å². The summed E-state index contributed by atoms with van der Waals surface area (Å²) in [5.74, 6) is 5.97. The largest absolute Gasteiger partial charge is 0.490 e. The molecule has 1 aromatic heterocycles. The Hall–Kier alpha value is -4.25. The first-order valence-corrected chi connectivity index (χ1v) is 10.3. The first-order chi connectivity index (χ1) is 16.4. The zero-order valence-corrected chi connectivity index (χ0v) is 17.8. The van der Waals surface area contributed by atoms with Crippen molar-refractivity contribution in [1.82, 2.24) is 10.4 Å². The highest BCUT2D eigenvalue weighted by Crippen LogP contribution is 2.55. The van der Waals surface area contributed by atoms with Crippen LogP contribution in [0.1, 0.15) is 28.3 Å². The van der Waals surface area contributed by atoms with Gasteiger partial charge in [0, 0.05) is 17.0 Å². The average Bonchev–Trinajstić information content (AvgIpc) is 3.63. The van der Waals surface area contributed by atoms with Gasteiger partial charge in [0.05, 0.1) is 12.8 Å². The van der Waals surface area contributed by atoms with Gasteiger partial charge in [-0.25, -0.2) is 24.4 Å². The van der Waals surface area contributed by atoms with Crippen molar-refractivity contribution in [2.45, 2.75) is 12.3 Å². The third-order valence-electron chi connectivity index (χ3n) is 5.30. The summed E-state index contributed by atoms with van der Waals surface area (Å²) >= 11 is 0. The summed E-state index contributed by atoms with van der Waals surface area (Å²) in [4.78, 5) is 25.9. The van der Waals surface area contributed by atoms with E-state index in [1.165, 1.54) is 12.3 Å². The van der Waals surface area contributed by atoms with Crippen LogP contribution in [0.5, 0.6) is 17.2 Å². The van der Waals surface area contributed by atoms with Crippen LogP contribution in [-0.2, 0) is 0 Å². The zero-order chi connectivity index (χ0) is 24.2. The van der Waals surface area contributed by atoms with Crippen LogP contribution in [0.2, 0.25) is 0 Å². The lowest BCUT2D eigenvalue weighted by atomic mass is 10.1. The molecule has 5 rings (SSSR count). The number of amides is 3. The summed E-state index contributed by atoms with van der Waals surface area (Å²) in [5, 5.41) is 2.34. The molecule has 2 heterocycles. The zero-order valence-electron chi connectivity index (χ0n) is 17.8. The first kappa shape index (κ1) is 22.9. The van der Waals surface area contributed by atoms with E-state index in [0.29, 0.717) is 41.0 Å². The molecule has 1 aliphatic heterocycles. The Labute approximate surface area is 193 Å². The van der Waals surface area contributed by atoms with E-state index >= 15 is 0 Å². The molecule has 1 aliphatic carbocycles. The SMILES string of the molecule is Fc1ccc(F)c2c1OC[C@H]1C[C@@H]21.NNC(=O)c1ccc(Oc2ccc(NC(N)=O)nc2)cc1. The van der Waals surface area contributed by atoms with Crippen LogP contribution < -0.4 is 31.8 Å². The van der Waals surface area contributed by atoms with E-state index in [1.54, 1.807) is 36.4 Å². The number of nitrogen functional groups attached to an aromatic ring is 1. The van der Waals surface area contributed by atoms with Crippen molar-refractivity contribution in [1.29, 1.82) is 0 Å². The number of rotatable bonds is 4.